The summed E-state index contributed by atoms with van der Waals surface area (Å²) in [6.45, 7) is 2.76. The van der Waals surface area contributed by atoms with Crippen LogP contribution in [0.25, 0.3) is 6.08 Å². The van der Waals surface area contributed by atoms with Crippen LogP contribution in [0.1, 0.15) is 18.2 Å². The van der Waals surface area contributed by atoms with Crippen molar-refractivity contribution in [2.75, 3.05) is 6.54 Å². The topological polar surface area (TPSA) is 38.9 Å². The SMILES string of the molecule is CC/C(=C\c1cncs1)CN. The molecule has 0 saturated carbocycles. The van der Waals surface area contributed by atoms with Gasteiger partial charge < -0.3 is 5.73 Å². The normalized spacial score (nSPS) is 12.0. The lowest BCUT2D eigenvalue weighted by atomic mass is 10.2. The molecule has 1 heterocycles. The fourth-order valence-electron chi connectivity index (χ4n) is 0.803. The second kappa shape index (κ2) is 4.26. The summed E-state index contributed by atoms with van der Waals surface area (Å²) in [6, 6.07) is 0. The molecule has 0 amide bonds. The average Bonchev–Trinajstić information content (AvgIpc) is 2.52. The smallest absolute Gasteiger partial charge is 0.0797 e. The Balaban J connectivity index is 2.71. The van der Waals surface area contributed by atoms with Crippen LogP contribution < -0.4 is 5.73 Å². The van der Waals surface area contributed by atoms with E-state index in [-0.39, 0.29) is 0 Å². The van der Waals surface area contributed by atoms with Crippen LogP contribution in [0.2, 0.25) is 0 Å². The quantitative estimate of drug-likeness (QED) is 0.748. The van der Waals surface area contributed by atoms with Gasteiger partial charge >= 0.3 is 0 Å². The van der Waals surface area contributed by atoms with Gasteiger partial charge in [0.05, 0.1) is 5.51 Å². The van der Waals surface area contributed by atoms with Crippen molar-refractivity contribution in [2.24, 2.45) is 5.73 Å². The molecule has 0 bridgehead atoms. The van der Waals surface area contributed by atoms with Crippen LogP contribution in [0.3, 0.4) is 0 Å². The van der Waals surface area contributed by atoms with E-state index in [1.807, 2.05) is 11.7 Å². The number of nitrogens with two attached hydrogens (primary N) is 1. The van der Waals surface area contributed by atoms with Gasteiger partial charge in [0.25, 0.3) is 0 Å². The summed E-state index contributed by atoms with van der Waals surface area (Å²) in [4.78, 5) is 5.16. The lowest BCUT2D eigenvalue weighted by Gasteiger charge is -1.96. The van der Waals surface area contributed by atoms with E-state index in [2.05, 4.69) is 18.0 Å². The van der Waals surface area contributed by atoms with Gasteiger partial charge in [0.1, 0.15) is 0 Å². The van der Waals surface area contributed by atoms with Gasteiger partial charge in [-0.15, -0.1) is 11.3 Å². The summed E-state index contributed by atoms with van der Waals surface area (Å²) in [5, 5.41) is 0. The molecule has 0 aliphatic carbocycles. The van der Waals surface area contributed by atoms with Gasteiger partial charge in [-0.05, 0) is 12.5 Å². The third kappa shape index (κ3) is 2.44. The van der Waals surface area contributed by atoms with Crippen molar-refractivity contribution < 1.29 is 0 Å². The minimum atomic E-state index is 0.647. The molecule has 1 aromatic heterocycles. The molecule has 0 fully saturated rings. The Morgan fingerprint density at radius 1 is 1.82 bits per heavy atom. The first-order valence-corrected chi connectivity index (χ1v) is 4.52. The maximum absolute atomic E-state index is 5.52. The van der Waals surface area contributed by atoms with E-state index in [9.17, 15) is 0 Å². The van der Waals surface area contributed by atoms with Crippen LogP contribution >= 0.6 is 11.3 Å². The van der Waals surface area contributed by atoms with E-state index in [4.69, 9.17) is 5.73 Å². The number of hydrogen-bond acceptors (Lipinski definition) is 3. The molecule has 1 aromatic rings. The summed E-state index contributed by atoms with van der Waals surface area (Å²) in [6.07, 6.45) is 4.99. The molecular formula is C8H12N2S. The molecule has 0 atom stereocenters. The number of rotatable bonds is 3. The second-order valence-electron chi connectivity index (χ2n) is 2.26. The monoisotopic (exact) mass is 168 g/mol. The number of hydrogen-bond donors (Lipinski definition) is 1. The molecule has 0 unspecified atom stereocenters. The molecule has 11 heavy (non-hydrogen) atoms. The van der Waals surface area contributed by atoms with Crippen LogP contribution in [0.15, 0.2) is 17.3 Å². The fourth-order valence-corrected chi connectivity index (χ4v) is 1.40. The standard InChI is InChI=1S/C8H12N2S/c1-2-7(4-9)3-8-5-10-6-11-8/h3,5-6H,2,4,9H2,1H3/b7-3+. The van der Waals surface area contributed by atoms with Gasteiger partial charge in [0.2, 0.25) is 0 Å². The molecule has 60 valence electrons. The highest BCUT2D eigenvalue weighted by atomic mass is 32.1. The van der Waals surface area contributed by atoms with Crippen LogP contribution in [-0.2, 0) is 0 Å². The molecule has 1 rings (SSSR count). The maximum Gasteiger partial charge on any atom is 0.0797 e. The van der Waals surface area contributed by atoms with Crippen molar-refractivity contribution >= 4 is 17.4 Å². The Bertz CT molecular complexity index is 220. The molecule has 0 aliphatic heterocycles. The van der Waals surface area contributed by atoms with Crippen molar-refractivity contribution in [2.45, 2.75) is 13.3 Å². The summed E-state index contributed by atoms with van der Waals surface area (Å²) in [5.74, 6) is 0. The van der Waals surface area contributed by atoms with Crippen molar-refractivity contribution in [1.29, 1.82) is 0 Å². The van der Waals surface area contributed by atoms with Crippen LogP contribution in [0, 0.1) is 0 Å². The van der Waals surface area contributed by atoms with E-state index in [1.54, 1.807) is 11.3 Å². The lowest BCUT2D eigenvalue weighted by molar-refractivity contribution is 1.02. The van der Waals surface area contributed by atoms with E-state index < -0.39 is 0 Å². The van der Waals surface area contributed by atoms with Gasteiger partial charge in [-0.2, -0.15) is 0 Å². The molecule has 2 N–H and O–H groups in total. The third-order valence-corrected chi connectivity index (χ3v) is 2.24. The molecule has 0 spiro atoms. The maximum atomic E-state index is 5.52. The highest BCUT2D eigenvalue weighted by molar-refractivity contribution is 7.10. The van der Waals surface area contributed by atoms with Gasteiger partial charge in [-0.25, -0.2) is 0 Å². The zero-order valence-electron chi connectivity index (χ0n) is 6.58. The zero-order chi connectivity index (χ0) is 8.10. The minimum absolute atomic E-state index is 0.647. The predicted octanol–water partition coefficient (Wildman–Crippen LogP) is 1.90. The second-order valence-corrected chi connectivity index (χ2v) is 3.18. The average molecular weight is 168 g/mol. The predicted molar refractivity (Wildman–Crippen MR) is 49.4 cm³/mol. The Morgan fingerprint density at radius 2 is 2.64 bits per heavy atom. The molecule has 2 nitrogen and oxygen atoms in total. The summed E-state index contributed by atoms with van der Waals surface area (Å²) in [5.41, 5.74) is 8.62. The van der Waals surface area contributed by atoms with Gasteiger partial charge in [-0.1, -0.05) is 12.5 Å². The van der Waals surface area contributed by atoms with Crippen LogP contribution in [0.5, 0.6) is 0 Å². The molecule has 0 radical (unpaired) electrons. The van der Waals surface area contributed by atoms with E-state index in [1.165, 1.54) is 10.5 Å². The van der Waals surface area contributed by atoms with E-state index in [0.29, 0.717) is 6.54 Å². The van der Waals surface area contributed by atoms with E-state index in [0.717, 1.165) is 6.42 Å². The van der Waals surface area contributed by atoms with E-state index >= 15 is 0 Å². The van der Waals surface area contributed by atoms with Crippen molar-refractivity contribution in [1.82, 2.24) is 4.98 Å². The molecular weight excluding hydrogens is 156 g/mol. The summed E-state index contributed by atoms with van der Waals surface area (Å²) < 4.78 is 0. The number of nitrogens with zero attached hydrogens (tertiary/aromatic N) is 1. The Labute approximate surface area is 70.8 Å². The first kappa shape index (κ1) is 8.43. The highest BCUT2D eigenvalue weighted by Crippen LogP contribution is 2.11. The summed E-state index contributed by atoms with van der Waals surface area (Å²) in [7, 11) is 0. The minimum Gasteiger partial charge on any atom is -0.327 e. The molecule has 0 saturated heterocycles. The Hall–Kier alpha value is -0.670. The third-order valence-electron chi connectivity index (χ3n) is 1.51. The largest absolute Gasteiger partial charge is 0.327 e. The van der Waals surface area contributed by atoms with Crippen molar-refractivity contribution in [3.05, 3.63) is 22.2 Å². The highest BCUT2D eigenvalue weighted by Gasteiger charge is 1.92. The first-order valence-electron chi connectivity index (χ1n) is 3.64. The molecule has 0 aliphatic rings. The first-order chi connectivity index (χ1) is 5.36. The zero-order valence-corrected chi connectivity index (χ0v) is 7.40. The van der Waals surface area contributed by atoms with Gasteiger partial charge in [0, 0.05) is 17.6 Å². The lowest BCUT2D eigenvalue weighted by Crippen LogP contribution is -2.01. The fraction of sp³-hybridized carbons (Fsp3) is 0.375. The Kier molecular flexibility index (Phi) is 3.26. The number of thiazole rings is 1. The van der Waals surface area contributed by atoms with Gasteiger partial charge in [-0.3, -0.25) is 4.98 Å². The van der Waals surface area contributed by atoms with Crippen LogP contribution in [-0.4, -0.2) is 11.5 Å². The van der Waals surface area contributed by atoms with Crippen molar-refractivity contribution in [3.8, 4) is 0 Å². The molecule has 3 heteroatoms. The van der Waals surface area contributed by atoms with Crippen molar-refractivity contribution in [3.63, 3.8) is 0 Å². The van der Waals surface area contributed by atoms with Gasteiger partial charge in [0.15, 0.2) is 0 Å². The Morgan fingerprint density at radius 3 is 3.09 bits per heavy atom. The number of aromatic nitrogens is 1. The molecule has 0 aromatic carbocycles. The summed E-state index contributed by atoms with van der Waals surface area (Å²) >= 11 is 1.64. The van der Waals surface area contributed by atoms with Crippen LogP contribution in [0.4, 0.5) is 0 Å².